The van der Waals surface area contributed by atoms with Crippen molar-refractivity contribution in [1.82, 2.24) is 20.2 Å². The Labute approximate surface area is 154 Å². The number of aryl methyl sites for hydroxylation is 1. The third-order valence-electron chi connectivity index (χ3n) is 6.55. The van der Waals surface area contributed by atoms with E-state index in [4.69, 9.17) is 0 Å². The average Bonchev–Trinajstić information content (AvgIpc) is 3.24. The first-order chi connectivity index (χ1) is 12.8. The number of nitrogens with zero attached hydrogens (tertiary/aromatic N) is 2. The Kier molecular flexibility index (Phi) is 3.95. The highest BCUT2D eigenvalue weighted by molar-refractivity contribution is 5.76. The van der Waals surface area contributed by atoms with Gasteiger partial charge >= 0.3 is 6.03 Å². The maximum Gasteiger partial charge on any atom is 0.318 e. The van der Waals surface area contributed by atoms with E-state index in [1.165, 1.54) is 17.0 Å². The maximum atomic E-state index is 13.0. The van der Waals surface area contributed by atoms with Crippen LogP contribution in [-0.2, 0) is 12.8 Å². The van der Waals surface area contributed by atoms with Crippen LogP contribution in [0.3, 0.4) is 0 Å². The first-order valence-electron chi connectivity index (χ1n) is 9.93. The molecule has 2 amide bonds. The lowest BCUT2D eigenvalue weighted by Crippen LogP contribution is -2.53. The van der Waals surface area contributed by atoms with Crippen molar-refractivity contribution in [2.75, 3.05) is 0 Å². The van der Waals surface area contributed by atoms with Gasteiger partial charge in [0.05, 0.1) is 12.0 Å². The molecule has 26 heavy (non-hydrogen) atoms. The fourth-order valence-corrected chi connectivity index (χ4v) is 5.28. The number of amides is 2. The van der Waals surface area contributed by atoms with Crippen LogP contribution in [0.1, 0.15) is 55.0 Å². The van der Waals surface area contributed by atoms with Gasteiger partial charge in [-0.15, -0.1) is 0 Å². The van der Waals surface area contributed by atoms with E-state index in [2.05, 4.69) is 50.5 Å². The summed E-state index contributed by atoms with van der Waals surface area (Å²) >= 11 is 0. The summed E-state index contributed by atoms with van der Waals surface area (Å²) in [7, 11) is 0. The first-order valence-corrected chi connectivity index (χ1v) is 9.93. The number of piperidine rings is 1. The van der Waals surface area contributed by atoms with Crippen molar-refractivity contribution in [2.45, 2.75) is 69.0 Å². The number of hydrogen-bond donors (Lipinski definition) is 2. The number of fused-ring (bicyclic) bond motifs is 3. The van der Waals surface area contributed by atoms with E-state index in [1.54, 1.807) is 6.33 Å². The summed E-state index contributed by atoms with van der Waals surface area (Å²) < 4.78 is 0. The topological polar surface area (TPSA) is 61.0 Å². The van der Waals surface area contributed by atoms with Crippen LogP contribution in [0.15, 0.2) is 36.7 Å². The van der Waals surface area contributed by atoms with Crippen molar-refractivity contribution in [3.63, 3.8) is 0 Å². The molecule has 1 aliphatic carbocycles. The van der Waals surface area contributed by atoms with Crippen LogP contribution < -0.4 is 5.32 Å². The number of H-pyrrole nitrogens is 1. The zero-order valence-electron chi connectivity index (χ0n) is 15.0. The largest absolute Gasteiger partial charge is 0.348 e. The fourth-order valence-electron chi connectivity index (χ4n) is 5.28. The number of urea groups is 1. The summed E-state index contributed by atoms with van der Waals surface area (Å²) in [6.45, 7) is 0. The van der Waals surface area contributed by atoms with E-state index < -0.39 is 0 Å². The molecule has 5 heteroatoms. The van der Waals surface area contributed by atoms with Gasteiger partial charge in [0.2, 0.25) is 0 Å². The lowest BCUT2D eigenvalue weighted by Gasteiger charge is -2.40. The van der Waals surface area contributed by atoms with Gasteiger partial charge in [0.1, 0.15) is 0 Å². The second-order valence-electron chi connectivity index (χ2n) is 8.09. The van der Waals surface area contributed by atoms with E-state index in [0.29, 0.717) is 18.0 Å². The third-order valence-corrected chi connectivity index (χ3v) is 6.55. The normalized spacial score (nSPS) is 30.1. The zero-order chi connectivity index (χ0) is 17.5. The molecular weight excluding hydrogens is 324 g/mol. The van der Waals surface area contributed by atoms with Gasteiger partial charge in [-0.05, 0) is 50.0 Å². The number of carbonyl (C=O) groups excluding carboxylic acids is 1. The molecule has 0 saturated carbocycles. The van der Waals surface area contributed by atoms with Gasteiger partial charge in [-0.25, -0.2) is 9.78 Å². The van der Waals surface area contributed by atoms with Crippen molar-refractivity contribution in [1.29, 1.82) is 0 Å². The minimum Gasteiger partial charge on any atom is -0.348 e. The summed E-state index contributed by atoms with van der Waals surface area (Å²) in [5.41, 5.74) is 3.79. The Morgan fingerprint density at radius 2 is 1.88 bits per heavy atom. The molecule has 1 aromatic heterocycles. The van der Waals surface area contributed by atoms with Crippen LogP contribution in [0, 0.1) is 0 Å². The quantitative estimate of drug-likeness (QED) is 0.872. The Morgan fingerprint density at radius 3 is 2.65 bits per heavy atom. The minimum atomic E-state index is 0.150. The molecule has 3 aliphatic rings. The summed E-state index contributed by atoms with van der Waals surface area (Å²) in [6, 6.07) is 12.0. The molecule has 3 heterocycles. The number of aromatic nitrogens is 2. The van der Waals surface area contributed by atoms with Gasteiger partial charge in [0.25, 0.3) is 0 Å². The van der Waals surface area contributed by atoms with Crippen LogP contribution in [0.2, 0.25) is 0 Å². The third kappa shape index (κ3) is 2.79. The van der Waals surface area contributed by atoms with Gasteiger partial charge in [0.15, 0.2) is 0 Å². The van der Waals surface area contributed by atoms with Gasteiger partial charge in [-0.2, -0.15) is 0 Å². The molecule has 2 fully saturated rings. The molecule has 2 N–H and O–H groups in total. The fraction of sp³-hybridized carbons (Fsp3) is 0.524. The maximum absolute atomic E-state index is 13.0. The molecule has 5 rings (SSSR count). The molecule has 2 aromatic rings. The zero-order valence-corrected chi connectivity index (χ0v) is 15.0. The van der Waals surface area contributed by atoms with Gasteiger partial charge in [-0.3, -0.25) is 0 Å². The van der Waals surface area contributed by atoms with Crippen LogP contribution in [-0.4, -0.2) is 39.0 Å². The number of rotatable bonds is 2. The number of aromatic amines is 1. The number of imidazole rings is 1. The predicted octanol–water partition coefficient (Wildman–Crippen LogP) is 3.39. The molecule has 5 nitrogen and oxygen atoms in total. The van der Waals surface area contributed by atoms with E-state index >= 15 is 0 Å². The van der Waals surface area contributed by atoms with E-state index in [-0.39, 0.29) is 12.1 Å². The van der Waals surface area contributed by atoms with Crippen molar-refractivity contribution in [3.05, 3.63) is 53.6 Å². The highest BCUT2D eigenvalue weighted by atomic mass is 16.2. The number of carbonyl (C=O) groups is 1. The average molecular weight is 350 g/mol. The summed E-state index contributed by atoms with van der Waals surface area (Å²) in [4.78, 5) is 22.7. The van der Waals surface area contributed by atoms with Gasteiger partial charge in [0, 0.05) is 30.2 Å². The first kappa shape index (κ1) is 15.9. The lowest BCUT2D eigenvalue weighted by molar-refractivity contribution is 0.134. The van der Waals surface area contributed by atoms with Crippen molar-refractivity contribution in [3.8, 4) is 0 Å². The lowest BCUT2D eigenvalue weighted by atomic mass is 9.85. The van der Waals surface area contributed by atoms with Crippen LogP contribution in [0.25, 0.3) is 0 Å². The van der Waals surface area contributed by atoms with E-state index in [9.17, 15) is 4.79 Å². The highest BCUT2D eigenvalue weighted by Gasteiger charge is 2.44. The highest BCUT2D eigenvalue weighted by Crippen LogP contribution is 2.43. The molecule has 0 spiro atoms. The Morgan fingerprint density at radius 1 is 1.12 bits per heavy atom. The molecule has 2 unspecified atom stereocenters. The van der Waals surface area contributed by atoms with Crippen LogP contribution in [0.5, 0.6) is 0 Å². The molecule has 1 aromatic carbocycles. The summed E-state index contributed by atoms with van der Waals surface area (Å²) in [6.07, 6.45) is 9.08. The summed E-state index contributed by atoms with van der Waals surface area (Å²) in [5, 5.41) is 3.31. The second kappa shape index (κ2) is 6.45. The monoisotopic (exact) mass is 350 g/mol. The SMILES string of the molecule is O=C(NC1CCc2nc[nH]c2C1)N1[C@@H]2CC[C@H]1CC(c1ccccc1)C2. The Bertz CT molecular complexity index is 772. The van der Waals surface area contributed by atoms with Crippen LogP contribution >= 0.6 is 0 Å². The van der Waals surface area contributed by atoms with Crippen molar-refractivity contribution < 1.29 is 4.79 Å². The van der Waals surface area contributed by atoms with Crippen molar-refractivity contribution in [2.24, 2.45) is 0 Å². The molecule has 2 saturated heterocycles. The number of benzene rings is 1. The summed E-state index contributed by atoms with van der Waals surface area (Å²) in [5.74, 6) is 0.597. The number of nitrogens with one attached hydrogen (secondary N) is 2. The Balaban J connectivity index is 1.25. The second-order valence-corrected chi connectivity index (χ2v) is 8.09. The molecule has 0 radical (unpaired) electrons. The van der Waals surface area contributed by atoms with E-state index in [1.807, 2.05) is 0 Å². The molecule has 2 bridgehead atoms. The molecular formula is C21H26N4O. The van der Waals surface area contributed by atoms with Gasteiger partial charge < -0.3 is 15.2 Å². The molecule has 136 valence electrons. The molecule has 2 aliphatic heterocycles. The minimum absolute atomic E-state index is 0.150. The predicted molar refractivity (Wildman–Crippen MR) is 100.0 cm³/mol. The van der Waals surface area contributed by atoms with E-state index in [0.717, 1.165) is 44.9 Å². The number of hydrogen-bond acceptors (Lipinski definition) is 2. The van der Waals surface area contributed by atoms with Crippen LogP contribution in [0.4, 0.5) is 4.79 Å². The van der Waals surface area contributed by atoms with Crippen molar-refractivity contribution >= 4 is 6.03 Å². The molecule has 4 atom stereocenters. The standard InChI is InChI=1S/C21H26N4O/c26-21(24-16-6-9-19-20(12-16)23-13-22-19)25-17-7-8-18(25)11-15(10-17)14-4-2-1-3-5-14/h1-5,13,15-18H,6-12H2,(H,22,23)(H,24,26)/t15?,16?,17-,18+. The van der Waals surface area contributed by atoms with Gasteiger partial charge in [-0.1, -0.05) is 30.3 Å². The Hall–Kier alpha value is -2.30. The smallest absolute Gasteiger partial charge is 0.318 e.